The Morgan fingerprint density at radius 3 is 1.69 bits per heavy atom. The maximum Gasteiger partial charge on any atom is 0.305 e. The largest absolute Gasteiger partial charge is 0.481 e. The van der Waals surface area contributed by atoms with Gasteiger partial charge in [-0.3, -0.25) is 71.7 Å². The molecule has 1 aromatic rings. The number of guanidine groups is 1. The fraction of sp³-hybridized carbons (Fsp3) is 0.683. The van der Waals surface area contributed by atoms with E-state index in [2.05, 4.69) is 63.5 Å². The molecule has 0 aromatic heterocycles. The van der Waals surface area contributed by atoms with Crippen LogP contribution in [0.2, 0.25) is 0 Å². The van der Waals surface area contributed by atoms with Gasteiger partial charge in [-0.25, -0.2) is 0 Å². The zero-order chi connectivity index (χ0) is 75.1. The van der Waals surface area contributed by atoms with Gasteiger partial charge in [0.25, 0.3) is 0 Å². The first kappa shape index (κ1) is 91.0. The molecule has 2 saturated heterocycles. The first-order valence-corrected chi connectivity index (χ1v) is 38.0. The second kappa shape index (κ2) is 57.3. The highest BCUT2D eigenvalue weighted by molar-refractivity contribution is 8.16. The summed E-state index contributed by atoms with van der Waals surface area (Å²) in [5.74, 6) is -9.10. The van der Waals surface area contributed by atoms with Crippen LogP contribution in [0.15, 0.2) is 35.3 Å². The number of hydrogen-bond acceptors (Lipinski definition) is 24. The zero-order valence-electron chi connectivity index (χ0n) is 58.1. The van der Waals surface area contributed by atoms with Crippen molar-refractivity contribution in [3.63, 3.8) is 0 Å². The summed E-state index contributed by atoms with van der Waals surface area (Å²) in [6.07, 6.45) is 0.448. The number of carboxylic acids is 1. The predicted molar refractivity (Wildman–Crippen MR) is 384 cm³/mol. The van der Waals surface area contributed by atoms with E-state index in [0.717, 1.165) is 35.3 Å². The van der Waals surface area contributed by atoms with Gasteiger partial charge in [-0.05, 0) is 63.7 Å². The van der Waals surface area contributed by atoms with Gasteiger partial charge in [0.1, 0.15) is 42.9 Å². The van der Waals surface area contributed by atoms with Crippen LogP contribution in [0.25, 0.3) is 0 Å². The third-order valence-electron chi connectivity index (χ3n) is 13.9. The van der Waals surface area contributed by atoms with Crippen molar-refractivity contribution in [2.45, 2.75) is 114 Å². The average molecular weight is 1520 g/mol. The minimum atomic E-state index is -1.75. The van der Waals surface area contributed by atoms with E-state index >= 15 is 0 Å². The Kier molecular flexibility index (Phi) is 51.1. The Hall–Kier alpha value is -7.11. The first-order valence-electron chi connectivity index (χ1n) is 33.3. The molecular formula is C63H103FN14O20S4. The van der Waals surface area contributed by atoms with Crippen molar-refractivity contribution in [3.05, 3.63) is 35.9 Å². The number of nitrogens with zero attached hydrogens (tertiary/aromatic N) is 1. The van der Waals surface area contributed by atoms with E-state index in [0.29, 0.717) is 129 Å². The lowest BCUT2D eigenvalue weighted by Gasteiger charge is -2.26. The van der Waals surface area contributed by atoms with E-state index in [9.17, 15) is 71.8 Å². The normalized spacial score (nSPS) is 20.0. The molecule has 0 aliphatic carbocycles. The number of halogens is 1. The maximum atomic E-state index is 14.2. The molecule has 0 spiro atoms. The second-order valence-electron chi connectivity index (χ2n) is 22.5. The van der Waals surface area contributed by atoms with E-state index in [1.807, 2.05) is 6.92 Å². The molecule has 2 heterocycles. The van der Waals surface area contributed by atoms with Crippen molar-refractivity contribution in [2.24, 2.45) is 16.5 Å². The molecule has 2 bridgehead atoms. The quantitative estimate of drug-likeness (QED) is 0.0175. The molecule has 576 valence electrons. The van der Waals surface area contributed by atoms with Crippen LogP contribution < -0.4 is 70.0 Å². The number of amides is 11. The van der Waals surface area contributed by atoms with Gasteiger partial charge in [-0.2, -0.15) is 11.8 Å². The van der Waals surface area contributed by atoms with Crippen LogP contribution in [0.5, 0.6) is 0 Å². The second-order valence-corrected chi connectivity index (χ2v) is 27.0. The summed E-state index contributed by atoms with van der Waals surface area (Å²) < 4.78 is 43.8. The van der Waals surface area contributed by atoms with Crippen molar-refractivity contribution in [1.82, 2.24) is 58.5 Å². The van der Waals surface area contributed by atoms with Crippen LogP contribution in [0.3, 0.4) is 0 Å². The molecule has 2 fully saturated rings. The number of benzene rings is 1. The Bertz CT molecular complexity index is 2760. The van der Waals surface area contributed by atoms with Gasteiger partial charge in [0.15, 0.2) is 11.7 Å². The number of carbonyl (C=O) groups excluding carboxylic acids is 12. The molecule has 2 aliphatic heterocycles. The summed E-state index contributed by atoms with van der Waals surface area (Å²) in [4.78, 5) is 173. The molecule has 34 nitrogen and oxygen atoms in total. The van der Waals surface area contributed by atoms with E-state index in [-0.39, 0.29) is 97.3 Å². The molecule has 102 heavy (non-hydrogen) atoms. The number of thioether (sulfide) groups is 4. The van der Waals surface area contributed by atoms with Crippen LogP contribution in [-0.2, 0) is 97.2 Å². The van der Waals surface area contributed by atoms with Crippen LogP contribution in [0.4, 0.5) is 4.39 Å². The number of ether oxygens (including phenoxy) is 6. The van der Waals surface area contributed by atoms with Crippen LogP contribution in [0, 0.1) is 0 Å². The third kappa shape index (κ3) is 45.8. The zero-order valence-corrected chi connectivity index (χ0v) is 61.3. The number of rotatable bonds is 40. The molecule has 3 rings (SSSR count). The van der Waals surface area contributed by atoms with Crippen molar-refractivity contribution >= 4 is 130 Å². The van der Waals surface area contributed by atoms with E-state index in [4.69, 9.17) is 39.9 Å². The van der Waals surface area contributed by atoms with Crippen LogP contribution in [-0.4, -0.2) is 288 Å². The standard InChI is InChI=1S/C42H62N12O12S3.C21H41FN2O8S/c1-23(55)30-18-67-21-34(58)48-27(11-6-7-13-45-24(2)56)37(62)53-31-19-68-22-69-20-32(41(66)51-28(38(63)52-30)15-25-9-4-3-5-10-25)54-39(64)29(16-35(59)60)49-33(57)17-47-36(61)26(50-40(31)65)12-8-14-46-42(43)44;1-2-27-18-20(25)23-5-7-28-9-11-30-13-15-32-16-14-31-12-10-29-8-6-24-21(26)19-33-17-3-4-22/h3-5,9-10,26-32H,6-8,11-22H2,1-2H3,(H,45,56)(H,47,61)(H,48,58)(H,49,57)(H,50,65)(H,51,66)(H,52,63)(H,53,62)(H,54,64)(H,59,60)(H4,43,44,46);2-19H2,1H3,(H,23,25)(H,24,26)/t26-,27-,28-,29-,30-,31-,32-;/m0./s1/i;22-1. The van der Waals surface area contributed by atoms with Gasteiger partial charge >= 0.3 is 5.97 Å². The number of carbonyl (C=O) groups is 13. The highest BCUT2D eigenvalue weighted by Gasteiger charge is 2.35. The number of Topliss-reactive ketones (excluding diaryl/α,β-unsaturated/α-hetero) is 1. The molecule has 7 atom stereocenters. The number of alkyl halides is 1. The number of hydrogen-bond donors (Lipinski definition) is 14. The van der Waals surface area contributed by atoms with Crippen molar-refractivity contribution in [1.29, 1.82) is 0 Å². The molecular weight excluding hydrogens is 1420 g/mol. The highest BCUT2D eigenvalue weighted by Crippen LogP contribution is 2.17. The van der Waals surface area contributed by atoms with Gasteiger partial charge < -0.3 is 103 Å². The lowest BCUT2D eigenvalue weighted by Crippen LogP contribution is -2.59. The van der Waals surface area contributed by atoms with Crippen molar-refractivity contribution < 1.29 is 100 Å². The van der Waals surface area contributed by atoms with Crippen molar-refractivity contribution in [2.75, 3.05) is 158 Å². The lowest BCUT2D eigenvalue weighted by molar-refractivity contribution is -0.141. The minimum absolute atomic E-state index is 0.0538. The number of aliphatic imine (C=N–C) groups is 1. The number of nitrogens with two attached hydrogens (primary N) is 2. The summed E-state index contributed by atoms with van der Waals surface area (Å²) in [6.45, 7) is 9.65. The number of fused-ring (bicyclic) bond motifs is 6. The summed E-state index contributed by atoms with van der Waals surface area (Å²) >= 11 is 4.63. The molecule has 2 aliphatic rings. The minimum Gasteiger partial charge on any atom is -0.481 e. The molecule has 11 amide bonds. The molecule has 39 heteroatoms. The molecule has 16 N–H and O–H groups in total. The van der Waals surface area contributed by atoms with E-state index < -0.39 is 114 Å². The summed E-state index contributed by atoms with van der Waals surface area (Å²) in [5, 5.41) is 38.4. The topological polar surface area (TPSA) is 494 Å². The fourth-order valence-corrected chi connectivity index (χ4v) is 12.6. The van der Waals surface area contributed by atoms with Crippen LogP contribution >= 0.6 is 47.0 Å². The van der Waals surface area contributed by atoms with Crippen molar-refractivity contribution in [3.8, 4) is 0 Å². The summed E-state index contributed by atoms with van der Waals surface area (Å²) in [6, 6.07) is -0.953. The SMILES string of the molecule is CC(=O)NCCCC[C@@H]1NC(=O)CSC[C@@H](C(C)=O)NC(=O)[C@H](Cc2ccccc2)NC(=O)[C@@H]2CSCSC[C@H](NC1=O)C(=O)N[C@@H](CCCN=C(N)N)C(=O)NCC(=O)N[C@@H](CC(=O)O)C(=O)N2.CCOCC(=O)NCCOCCOCCOCCOCCOCCNC(=O)CSCCC[18F]. The van der Waals surface area contributed by atoms with Gasteiger partial charge in [0.05, 0.1) is 103 Å². The molecule has 1 aromatic carbocycles. The highest BCUT2D eigenvalue weighted by atomic mass is 32.2. The lowest BCUT2D eigenvalue weighted by atomic mass is 10.0. The number of carboxylic acid groups (broad SMARTS) is 1. The third-order valence-corrected chi connectivity index (χ3v) is 18.5. The molecule has 0 radical (unpaired) electrons. The van der Waals surface area contributed by atoms with Crippen LogP contribution in [0.1, 0.15) is 71.3 Å². The van der Waals surface area contributed by atoms with Gasteiger partial charge in [0, 0.05) is 68.5 Å². The van der Waals surface area contributed by atoms with E-state index in [1.54, 1.807) is 30.3 Å². The van der Waals surface area contributed by atoms with E-state index in [1.165, 1.54) is 25.6 Å². The van der Waals surface area contributed by atoms with Gasteiger partial charge in [-0.1, -0.05) is 30.3 Å². The summed E-state index contributed by atoms with van der Waals surface area (Å²) in [7, 11) is 0. The van der Waals surface area contributed by atoms with Gasteiger partial charge in [-0.15, -0.1) is 35.3 Å². The average Bonchev–Trinajstić information content (AvgIpc) is 0.914. The monoisotopic (exact) mass is 1520 g/mol. The van der Waals surface area contributed by atoms with Gasteiger partial charge in [0.2, 0.25) is 65.0 Å². The smallest absolute Gasteiger partial charge is 0.305 e. The Balaban J connectivity index is 0.000000898. The predicted octanol–water partition coefficient (Wildman–Crippen LogP) is -3.22. The Labute approximate surface area is 610 Å². The fourth-order valence-electron chi connectivity index (χ4n) is 8.77. The first-order chi connectivity index (χ1) is 49.0. The summed E-state index contributed by atoms with van der Waals surface area (Å²) in [5.41, 5.74) is 11.5. The number of nitrogens with one attached hydrogen (secondary N) is 11. The number of unbranched alkanes of at least 4 members (excludes halogenated alkanes) is 1. The maximum absolute atomic E-state index is 14.2. The number of aliphatic carboxylic acids is 1. The number of ketones is 1. The molecule has 0 saturated carbocycles. The molecule has 0 unspecified atom stereocenters. The Morgan fingerprint density at radius 1 is 0.588 bits per heavy atom. The Morgan fingerprint density at radius 2 is 1.13 bits per heavy atom.